The van der Waals surface area contributed by atoms with Crippen molar-refractivity contribution in [3.63, 3.8) is 0 Å². The maximum absolute atomic E-state index is 6.16. The molecule has 0 aromatic heterocycles. The Morgan fingerprint density at radius 1 is 1.35 bits per heavy atom. The lowest BCUT2D eigenvalue weighted by atomic mass is 10.1. The number of hydrogen-bond acceptors (Lipinski definition) is 2. The highest BCUT2D eigenvalue weighted by Crippen LogP contribution is 2.41. The summed E-state index contributed by atoms with van der Waals surface area (Å²) < 4.78 is 1.15. The molecule has 1 aliphatic rings. The third-order valence-corrected chi connectivity index (χ3v) is 5.64. The fourth-order valence-electron chi connectivity index (χ4n) is 2.42. The highest BCUT2D eigenvalue weighted by Gasteiger charge is 2.24. The van der Waals surface area contributed by atoms with Crippen LogP contribution in [0.4, 0.5) is 0 Å². The molecule has 1 aromatic rings. The number of rotatable bonds is 4. The second kappa shape index (κ2) is 6.26. The summed E-state index contributed by atoms with van der Waals surface area (Å²) in [6.45, 7) is 2.12. The van der Waals surface area contributed by atoms with Crippen molar-refractivity contribution in [2.24, 2.45) is 5.73 Å². The molecule has 0 heterocycles. The lowest BCUT2D eigenvalue weighted by Crippen LogP contribution is -2.24. The second-order valence-electron chi connectivity index (χ2n) is 4.88. The topological polar surface area (TPSA) is 26.0 Å². The predicted molar refractivity (Wildman–Crippen MR) is 80.4 cm³/mol. The van der Waals surface area contributed by atoms with Crippen molar-refractivity contribution in [3.05, 3.63) is 34.3 Å². The third-order valence-electron chi connectivity index (χ3n) is 3.30. The molecule has 0 spiro atoms. The SMILES string of the molecule is CC(N)C(SC1CCCC1)c1cccc(Br)c1. The minimum atomic E-state index is 0.204. The summed E-state index contributed by atoms with van der Waals surface area (Å²) in [4.78, 5) is 0. The summed E-state index contributed by atoms with van der Waals surface area (Å²) >= 11 is 5.62. The molecule has 2 N–H and O–H groups in total. The molecule has 0 saturated heterocycles. The van der Waals surface area contributed by atoms with Crippen molar-refractivity contribution in [1.82, 2.24) is 0 Å². The zero-order chi connectivity index (χ0) is 12.3. The van der Waals surface area contributed by atoms with Crippen molar-refractivity contribution in [2.75, 3.05) is 0 Å². The Kier molecular flexibility index (Phi) is 4.95. The first-order valence-electron chi connectivity index (χ1n) is 6.33. The molecule has 0 aliphatic heterocycles. The van der Waals surface area contributed by atoms with Crippen LogP contribution < -0.4 is 5.73 Å². The van der Waals surface area contributed by atoms with Crippen LogP contribution in [-0.2, 0) is 0 Å². The summed E-state index contributed by atoms with van der Waals surface area (Å²) in [5, 5.41) is 1.24. The van der Waals surface area contributed by atoms with Crippen LogP contribution in [0.2, 0.25) is 0 Å². The van der Waals surface area contributed by atoms with Crippen molar-refractivity contribution < 1.29 is 0 Å². The van der Waals surface area contributed by atoms with Gasteiger partial charge < -0.3 is 5.73 Å². The predicted octanol–water partition coefficient (Wildman–Crippen LogP) is 4.51. The van der Waals surface area contributed by atoms with Crippen LogP contribution >= 0.6 is 27.7 Å². The van der Waals surface area contributed by atoms with Gasteiger partial charge in [0.05, 0.1) is 0 Å². The van der Waals surface area contributed by atoms with Gasteiger partial charge in [0.1, 0.15) is 0 Å². The Morgan fingerprint density at radius 3 is 2.65 bits per heavy atom. The van der Waals surface area contributed by atoms with E-state index in [1.54, 1.807) is 0 Å². The highest BCUT2D eigenvalue weighted by molar-refractivity contribution is 9.10. The van der Waals surface area contributed by atoms with E-state index in [1.807, 2.05) is 0 Å². The molecule has 0 bridgehead atoms. The van der Waals surface area contributed by atoms with E-state index in [0.29, 0.717) is 5.25 Å². The largest absolute Gasteiger partial charge is 0.327 e. The van der Waals surface area contributed by atoms with E-state index >= 15 is 0 Å². The number of nitrogens with two attached hydrogens (primary N) is 1. The van der Waals surface area contributed by atoms with Crippen LogP contribution in [0, 0.1) is 0 Å². The van der Waals surface area contributed by atoms with Crippen molar-refractivity contribution in [1.29, 1.82) is 0 Å². The fourth-order valence-corrected chi connectivity index (χ4v) is 4.41. The Morgan fingerprint density at radius 2 is 2.06 bits per heavy atom. The van der Waals surface area contributed by atoms with E-state index in [0.717, 1.165) is 9.72 Å². The summed E-state index contributed by atoms with van der Waals surface area (Å²) in [6, 6.07) is 8.78. The van der Waals surface area contributed by atoms with Crippen molar-refractivity contribution >= 4 is 27.7 Å². The van der Waals surface area contributed by atoms with Gasteiger partial charge in [-0.25, -0.2) is 0 Å². The van der Waals surface area contributed by atoms with Gasteiger partial charge in [-0.1, -0.05) is 40.9 Å². The average molecular weight is 314 g/mol. The van der Waals surface area contributed by atoms with Crippen LogP contribution in [-0.4, -0.2) is 11.3 Å². The van der Waals surface area contributed by atoms with Crippen molar-refractivity contribution in [3.8, 4) is 0 Å². The lowest BCUT2D eigenvalue weighted by Gasteiger charge is -2.24. The highest BCUT2D eigenvalue weighted by atomic mass is 79.9. The maximum Gasteiger partial charge on any atom is 0.0448 e. The van der Waals surface area contributed by atoms with Gasteiger partial charge in [0.15, 0.2) is 0 Å². The van der Waals surface area contributed by atoms with Crippen LogP contribution in [0.1, 0.15) is 43.4 Å². The summed E-state index contributed by atoms with van der Waals surface area (Å²) in [6.07, 6.45) is 5.51. The molecule has 2 atom stereocenters. The second-order valence-corrected chi connectivity index (χ2v) is 7.24. The van der Waals surface area contributed by atoms with Gasteiger partial charge in [-0.2, -0.15) is 0 Å². The summed E-state index contributed by atoms with van der Waals surface area (Å²) in [5.74, 6) is 0. The van der Waals surface area contributed by atoms with Crippen molar-refractivity contribution in [2.45, 2.75) is 49.1 Å². The first-order chi connectivity index (χ1) is 8.16. The first kappa shape index (κ1) is 13.4. The molecule has 1 saturated carbocycles. The molecule has 2 rings (SSSR count). The molecule has 0 amide bonds. The molecule has 1 fully saturated rings. The van der Waals surface area contributed by atoms with E-state index in [4.69, 9.17) is 5.73 Å². The Balaban J connectivity index is 2.10. The standard InChI is InChI=1S/C14H20BrNS/c1-10(16)14(17-13-7-2-3-8-13)11-5-4-6-12(15)9-11/h4-6,9-10,13-14H,2-3,7-8,16H2,1H3. The van der Waals surface area contributed by atoms with Gasteiger partial charge in [0, 0.05) is 21.0 Å². The minimum Gasteiger partial charge on any atom is -0.327 e. The fraction of sp³-hybridized carbons (Fsp3) is 0.571. The molecule has 3 heteroatoms. The zero-order valence-corrected chi connectivity index (χ0v) is 12.6. The maximum atomic E-state index is 6.16. The summed E-state index contributed by atoms with van der Waals surface area (Å²) in [7, 11) is 0. The molecule has 1 aromatic carbocycles. The smallest absolute Gasteiger partial charge is 0.0448 e. The van der Waals surface area contributed by atoms with E-state index in [-0.39, 0.29) is 6.04 Å². The number of hydrogen-bond donors (Lipinski definition) is 1. The van der Waals surface area contributed by atoms with Gasteiger partial charge in [-0.3, -0.25) is 0 Å². The van der Waals surface area contributed by atoms with Crippen LogP contribution in [0.15, 0.2) is 28.7 Å². The molecular weight excluding hydrogens is 294 g/mol. The first-order valence-corrected chi connectivity index (χ1v) is 8.07. The van der Waals surface area contributed by atoms with Gasteiger partial charge in [0.25, 0.3) is 0 Å². The molecule has 1 nitrogen and oxygen atoms in total. The lowest BCUT2D eigenvalue weighted by molar-refractivity contribution is 0.714. The molecule has 2 unspecified atom stereocenters. The van der Waals surface area contributed by atoms with E-state index in [2.05, 4.69) is 58.9 Å². The average Bonchev–Trinajstić information content (AvgIpc) is 2.78. The molecular formula is C14H20BrNS. The van der Waals surface area contributed by atoms with Crippen LogP contribution in [0.25, 0.3) is 0 Å². The van der Waals surface area contributed by atoms with E-state index < -0.39 is 0 Å². The minimum absolute atomic E-state index is 0.204. The van der Waals surface area contributed by atoms with E-state index in [9.17, 15) is 0 Å². The number of halogens is 1. The van der Waals surface area contributed by atoms with Gasteiger partial charge in [-0.05, 0) is 37.5 Å². The Bertz CT molecular complexity index is 361. The third kappa shape index (κ3) is 3.73. The van der Waals surface area contributed by atoms with Gasteiger partial charge in [-0.15, -0.1) is 11.8 Å². The normalized spacial score (nSPS) is 20.4. The zero-order valence-electron chi connectivity index (χ0n) is 10.2. The number of benzene rings is 1. The van der Waals surface area contributed by atoms with Gasteiger partial charge >= 0.3 is 0 Å². The quantitative estimate of drug-likeness (QED) is 0.884. The Hall–Kier alpha value is 0.01000. The van der Waals surface area contributed by atoms with E-state index in [1.165, 1.54) is 31.2 Å². The Labute approximate surface area is 117 Å². The molecule has 94 valence electrons. The summed E-state index contributed by atoms with van der Waals surface area (Å²) in [5.41, 5.74) is 7.51. The van der Waals surface area contributed by atoms with Crippen LogP contribution in [0.3, 0.4) is 0 Å². The molecule has 0 radical (unpaired) electrons. The van der Waals surface area contributed by atoms with Crippen LogP contribution in [0.5, 0.6) is 0 Å². The monoisotopic (exact) mass is 313 g/mol. The molecule has 17 heavy (non-hydrogen) atoms. The van der Waals surface area contributed by atoms with Gasteiger partial charge in [0.2, 0.25) is 0 Å². The number of thioether (sulfide) groups is 1. The molecule has 1 aliphatic carbocycles.